The standard InChI is InChI=1S/C32H31F4N/c1-22-10-15-30(32(34,35)36)29(18-22)28-9-4-7-25-6-2-3-8-27(25)31(28)26-13-11-23(12-14-26)19-24-20-37(21-24)17-5-16-33/h2-3,6,8,10-15,18-19H,4-5,7,9,16-17,20-21H2,1H3. The van der Waals surface area contributed by atoms with Gasteiger partial charge in [0.05, 0.1) is 12.2 Å². The van der Waals surface area contributed by atoms with Crippen molar-refractivity contribution in [1.29, 1.82) is 0 Å². The van der Waals surface area contributed by atoms with Crippen LogP contribution in [0.5, 0.6) is 0 Å². The van der Waals surface area contributed by atoms with Gasteiger partial charge in [0.1, 0.15) is 0 Å². The van der Waals surface area contributed by atoms with Crippen molar-refractivity contribution in [3.63, 3.8) is 0 Å². The second kappa shape index (κ2) is 10.7. The molecule has 37 heavy (non-hydrogen) atoms. The minimum atomic E-state index is -4.43. The van der Waals surface area contributed by atoms with Crippen molar-refractivity contribution < 1.29 is 17.6 Å². The predicted molar refractivity (Wildman–Crippen MR) is 143 cm³/mol. The highest BCUT2D eigenvalue weighted by atomic mass is 19.4. The van der Waals surface area contributed by atoms with Gasteiger partial charge < -0.3 is 0 Å². The van der Waals surface area contributed by atoms with Crippen LogP contribution in [0.2, 0.25) is 0 Å². The van der Waals surface area contributed by atoms with Gasteiger partial charge in [-0.2, -0.15) is 13.2 Å². The molecule has 1 heterocycles. The summed E-state index contributed by atoms with van der Waals surface area (Å²) in [5.41, 5.74) is 7.66. The maximum Gasteiger partial charge on any atom is 0.416 e. The minimum absolute atomic E-state index is 0.285. The predicted octanol–water partition coefficient (Wildman–Crippen LogP) is 8.37. The van der Waals surface area contributed by atoms with Crippen molar-refractivity contribution in [2.75, 3.05) is 26.3 Å². The van der Waals surface area contributed by atoms with E-state index in [4.69, 9.17) is 0 Å². The van der Waals surface area contributed by atoms with E-state index in [2.05, 4.69) is 17.0 Å². The Morgan fingerprint density at radius 1 is 0.892 bits per heavy atom. The van der Waals surface area contributed by atoms with E-state index in [-0.39, 0.29) is 12.2 Å². The van der Waals surface area contributed by atoms with Gasteiger partial charge in [-0.3, -0.25) is 9.29 Å². The van der Waals surface area contributed by atoms with Gasteiger partial charge in [0, 0.05) is 19.6 Å². The number of allylic oxidation sites excluding steroid dienone is 1. The number of likely N-dealkylation sites (tertiary alicyclic amines) is 1. The van der Waals surface area contributed by atoms with Crippen molar-refractivity contribution in [1.82, 2.24) is 4.90 Å². The van der Waals surface area contributed by atoms with Crippen molar-refractivity contribution in [2.45, 2.75) is 38.8 Å². The lowest BCUT2D eigenvalue weighted by atomic mass is 9.85. The van der Waals surface area contributed by atoms with Crippen LogP contribution < -0.4 is 0 Å². The molecule has 0 aromatic heterocycles. The summed E-state index contributed by atoms with van der Waals surface area (Å²) in [6, 6.07) is 20.7. The molecule has 1 fully saturated rings. The molecule has 1 saturated heterocycles. The fraction of sp³-hybridized carbons (Fsp3) is 0.312. The number of benzene rings is 3. The summed E-state index contributed by atoms with van der Waals surface area (Å²) in [6.07, 6.45) is 0.511. The first-order chi connectivity index (χ1) is 17.8. The van der Waals surface area contributed by atoms with E-state index in [1.165, 1.54) is 17.2 Å². The maximum atomic E-state index is 14.1. The zero-order chi connectivity index (χ0) is 26.0. The molecule has 0 unspecified atom stereocenters. The smallest absolute Gasteiger partial charge is 0.295 e. The van der Waals surface area contributed by atoms with Gasteiger partial charge in [0.2, 0.25) is 0 Å². The molecule has 0 atom stereocenters. The SMILES string of the molecule is Cc1ccc(C(F)(F)F)c(C2=C(c3ccc(C=C4CN(CCCF)C4)cc3)c3ccccc3CCC2)c1. The second-order valence-electron chi connectivity index (χ2n) is 10.1. The van der Waals surface area contributed by atoms with Crippen LogP contribution in [-0.2, 0) is 12.6 Å². The molecule has 0 radical (unpaired) electrons. The molecule has 5 rings (SSSR count). The average molecular weight is 506 g/mol. The molecule has 192 valence electrons. The number of halogens is 4. The topological polar surface area (TPSA) is 3.24 Å². The molecule has 0 amide bonds. The Kier molecular flexibility index (Phi) is 7.34. The van der Waals surface area contributed by atoms with E-state index in [0.717, 1.165) is 65.9 Å². The largest absolute Gasteiger partial charge is 0.416 e. The number of aryl methyl sites for hydroxylation is 2. The molecule has 3 aromatic carbocycles. The molecule has 0 saturated carbocycles. The summed E-state index contributed by atoms with van der Waals surface area (Å²) in [7, 11) is 0. The van der Waals surface area contributed by atoms with E-state index in [1.54, 1.807) is 12.1 Å². The summed E-state index contributed by atoms with van der Waals surface area (Å²) in [5.74, 6) is 0. The molecule has 1 aliphatic heterocycles. The van der Waals surface area contributed by atoms with Gasteiger partial charge >= 0.3 is 6.18 Å². The van der Waals surface area contributed by atoms with Gasteiger partial charge in [0.25, 0.3) is 0 Å². The average Bonchev–Trinajstić information content (AvgIpc) is 3.04. The Bertz CT molecular complexity index is 1320. The fourth-order valence-corrected chi connectivity index (χ4v) is 5.52. The lowest BCUT2D eigenvalue weighted by Crippen LogP contribution is -2.40. The van der Waals surface area contributed by atoms with E-state index in [0.29, 0.717) is 12.8 Å². The number of fused-ring (bicyclic) bond motifs is 1. The van der Waals surface area contributed by atoms with Gasteiger partial charge in [-0.05, 0) is 83.2 Å². The first-order valence-electron chi connectivity index (χ1n) is 12.9. The first kappa shape index (κ1) is 25.5. The molecule has 1 nitrogen and oxygen atoms in total. The third-order valence-corrected chi connectivity index (χ3v) is 7.30. The summed E-state index contributed by atoms with van der Waals surface area (Å²) in [6.45, 7) is 4.05. The molecule has 1 aliphatic carbocycles. The zero-order valence-electron chi connectivity index (χ0n) is 21.0. The van der Waals surface area contributed by atoms with Crippen LogP contribution in [0.15, 0.2) is 72.3 Å². The van der Waals surface area contributed by atoms with E-state index >= 15 is 0 Å². The Morgan fingerprint density at radius 2 is 1.65 bits per heavy atom. The lowest BCUT2D eigenvalue weighted by molar-refractivity contribution is -0.137. The number of nitrogens with zero attached hydrogens (tertiary/aromatic N) is 1. The molecular formula is C32H31F4N. The normalized spacial score (nSPS) is 16.3. The molecule has 0 spiro atoms. The van der Waals surface area contributed by atoms with Crippen LogP contribution in [-0.4, -0.2) is 31.2 Å². The molecule has 3 aromatic rings. The summed E-state index contributed by atoms with van der Waals surface area (Å²) in [5, 5.41) is 0. The van der Waals surface area contributed by atoms with Crippen LogP contribution in [0.3, 0.4) is 0 Å². The van der Waals surface area contributed by atoms with Gasteiger partial charge in [-0.25, -0.2) is 0 Å². The van der Waals surface area contributed by atoms with E-state index in [1.807, 2.05) is 49.4 Å². The highest BCUT2D eigenvalue weighted by molar-refractivity contribution is 6.00. The Balaban J connectivity index is 1.58. The molecule has 0 N–H and O–H groups in total. The maximum absolute atomic E-state index is 14.1. The van der Waals surface area contributed by atoms with Crippen molar-refractivity contribution in [3.05, 3.63) is 111 Å². The van der Waals surface area contributed by atoms with Crippen LogP contribution in [0.1, 0.15) is 58.2 Å². The van der Waals surface area contributed by atoms with Gasteiger partial charge in [0.15, 0.2) is 0 Å². The highest BCUT2D eigenvalue weighted by Crippen LogP contribution is 2.44. The molecule has 2 aliphatic rings. The number of rotatable bonds is 6. The number of hydrogen-bond acceptors (Lipinski definition) is 1. The van der Waals surface area contributed by atoms with E-state index in [9.17, 15) is 17.6 Å². The molecule has 0 bridgehead atoms. The fourth-order valence-electron chi connectivity index (χ4n) is 5.52. The molecule has 5 heteroatoms. The quantitative estimate of drug-likeness (QED) is 0.304. The number of hydrogen-bond donors (Lipinski definition) is 0. The van der Waals surface area contributed by atoms with Crippen molar-refractivity contribution in [3.8, 4) is 0 Å². The van der Waals surface area contributed by atoms with Crippen molar-refractivity contribution in [2.24, 2.45) is 0 Å². The van der Waals surface area contributed by atoms with Crippen LogP contribution in [0.25, 0.3) is 17.2 Å². The van der Waals surface area contributed by atoms with Crippen LogP contribution in [0.4, 0.5) is 17.6 Å². The lowest BCUT2D eigenvalue weighted by Gasteiger charge is -2.33. The highest BCUT2D eigenvalue weighted by Gasteiger charge is 2.35. The summed E-state index contributed by atoms with van der Waals surface area (Å²) >= 11 is 0. The zero-order valence-corrected chi connectivity index (χ0v) is 21.0. The van der Waals surface area contributed by atoms with Crippen molar-refractivity contribution >= 4 is 17.2 Å². The van der Waals surface area contributed by atoms with Gasteiger partial charge in [-0.1, -0.05) is 72.3 Å². The Morgan fingerprint density at radius 3 is 2.38 bits per heavy atom. The molecular weight excluding hydrogens is 474 g/mol. The summed E-state index contributed by atoms with van der Waals surface area (Å²) in [4.78, 5) is 2.22. The Hall–Kier alpha value is -3.18. The summed E-state index contributed by atoms with van der Waals surface area (Å²) < 4.78 is 54.8. The third-order valence-electron chi connectivity index (χ3n) is 7.30. The van der Waals surface area contributed by atoms with Crippen LogP contribution in [0, 0.1) is 6.92 Å². The Labute approximate surface area is 216 Å². The second-order valence-corrected chi connectivity index (χ2v) is 10.1. The first-order valence-corrected chi connectivity index (χ1v) is 12.9. The van der Waals surface area contributed by atoms with Gasteiger partial charge in [-0.15, -0.1) is 0 Å². The minimum Gasteiger partial charge on any atom is -0.295 e. The van der Waals surface area contributed by atoms with Crippen LogP contribution >= 0.6 is 0 Å². The third kappa shape index (κ3) is 5.57. The monoisotopic (exact) mass is 505 g/mol. The van der Waals surface area contributed by atoms with E-state index < -0.39 is 11.7 Å². The number of alkyl halides is 4.